The van der Waals surface area contributed by atoms with Crippen LogP contribution in [0.25, 0.3) is 0 Å². The molecule has 2 rings (SSSR count). The van der Waals surface area contributed by atoms with E-state index in [1.165, 1.54) is 11.1 Å². The average Bonchev–Trinajstić information content (AvgIpc) is 2.46. The van der Waals surface area contributed by atoms with Gasteiger partial charge in [-0.25, -0.2) is 0 Å². The number of anilines is 1. The van der Waals surface area contributed by atoms with E-state index in [1.54, 1.807) is 0 Å². The third-order valence-electron chi connectivity index (χ3n) is 3.27. The second-order valence-electron chi connectivity index (χ2n) is 5.13. The number of hydrogen-bond donors (Lipinski definition) is 1. The van der Waals surface area contributed by atoms with E-state index in [1.807, 2.05) is 31.0 Å². The molecular weight excluding hydrogens is 200 g/mol. The Morgan fingerprint density at radius 1 is 1.31 bits per heavy atom. The third-order valence-corrected chi connectivity index (χ3v) is 3.27. The zero-order valence-corrected chi connectivity index (χ0v) is 10.3. The predicted molar refractivity (Wildman–Crippen MR) is 65.2 cm³/mol. The van der Waals surface area contributed by atoms with Crippen molar-refractivity contribution in [2.24, 2.45) is 5.41 Å². The number of hydrazine groups is 1. The molecule has 1 aromatic carbocycles. The van der Waals surface area contributed by atoms with Gasteiger partial charge in [0.2, 0.25) is 5.91 Å². The Bertz CT molecular complexity index is 438. The van der Waals surface area contributed by atoms with E-state index in [0.29, 0.717) is 0 Å². The number of nitrogens with zero attached hydrogens (tertiary/aromatic N) is 1. The maximum atomic E-state index is 11.7. The maximum Gasteiger partial charge on any atom is 0.246 e. The third kappa shape index (κ3) is 1.66. The van der Waals surface area contributed by atoms with E-state index < -0.39 is 0 Å². The number of nitrogens with one attached hydrogen (secondary N) is 1. The molecule has 1 aliphatic heterocycles. The standard InChI is InChI=1S/C13H18N2O/c1-9-6-5-7-11(10(9)2)15-8-13(3,4)12(16)14-15/h5-7H,8H2,1-4H3,(H,14,16). The van der Waals surface area contributed by atoms with Crippen LogP contribution >= 0.6 is 0 Å². The van der Waals surface area contributed by atoms with Crippen LogP contribution in [0.2, 0.25) is 0 Å². The lowest BCUT2D eigenvalue weighted by molar-refractivity contribution is -0.125. The van der Waals surface area contributed by atoms with Crippen LogP contribution < -0.4 is 10.4 Å². The Kier molecular flexibility index (Phi) is 2.41. The Morgan fingerprint density at radius 3 is 2.56 bits per heavy atom. The molecule has 0 saturated carbocycles. The highest BCUT2D eigenvalue weighted by Gasteiger charge is 2.38. The molecule has 3 nitrogen and oxygen atoms in total. The van der Waals surface area contributed by atoms with Crippen LogP contribution in [-0.4, -0.2) is 12.5 Å². The number of benzene rings is 1. The zero-order valence-electron chi connectivity index (χ0n) is 10.3. The van der Waals surface area contributed by atoms with Crippen LogP contribution in [0.5, 0.6) is 0 Å². The number of hydrogen-bond acceptors (Lipinski definition) is 2. The molecule has 0 spiro atoms. The van der Waals surface area contributed by atoms with Crippen molar-refractivity contribution in [3.05, 3.63) is 29.3 Å². The van der Waals surface area contributed by atoms with Gasteiger partial charge in [-0.1, -0.05) is 12.1 Å². The van der Waals surface area contributed by atoms with E-state index in [2.05, 4.69) is 25.3 Å². The lowest BCUT2D eigenvalue weighted by Gasteiger charge is -2.21. The van der Waals surface area contributed by atoms with Gasteiger partial charge in [0, 0.05) is 0 Å². The smallest absolute Gasteiger partial charge is 0.246 e. The molecule has 1 saturated heterocycles. The first-order chi connectivity index (χ1) is 7.42. The Labute approximate surface area is 96.4 Å². The first-order valence-corrected chi connectivity index (χ1v) is 5.57. The predicted octanol–water partition coefficient (Wildman–Crippen LogP) is 2.18. The van der Waals surface area contributed by atoms with Gasteiger partial charge >= 0.3 is 0 Å². The van der Waals surface area contributed by atoms with E-state index in [0.717, 1.165) is 12.2 Å². The van der Waals surface area contributed by atoms with Crippen molar-refractivity contribution in [2.75, 3.05) is 11.6 Å². The van der Waals surface area contributed by atoms with E-state index in [9.17, 15) is 4.79 Å². The fraction of sp³-hybridized carbons (Fsp3) is 0.462. The van der Waals surface area contributed by atoms with Crippen LogP contribution in [0, 0.1) is 19.3 Å². The fourth-order valence-corrected chi connectivity index (χ4v) is 1.95. The molecule has 1 N–H and O–H groups in total. The molecule has 0 atom stereocenters. The first kappa shape index (κ1) is 11.0. The highest BCUT2D eigenvalue weighted by molar-refractivity contribution is 5.87. The zero-order chi connectivity index (χ0) is 11.9. The minimum absolute atomic E-state index is 0.0911. The Hall–Kier alpha value is -1.51. The number of amides is 1. The summed E-state index contributed by atoms with van der Waals surface area (Å²) in [5.41, 5.74) is 6.18. The highest BCUT2D eigenvalue weighted by atomic mass is 16.2. The normalized spacial score (nSPS) is 18.8. The van der Waals surface area contributed by atoms with Crippen LogP contribution in [-0.2, 0) is 4.79 Å². The van der Waals surface area contributed by atoms with Gasteiger partial charge in [0.05, 0.1) is 17.6 Å². The average molecular weight is 218 g/mol. The summed E-state index contributed by atoms with van der Waals surface area (Å²) < 4.78 is 0. The van der Waals surface area contributed by atoms with Crippen LogP contribution in [0.4, 0.5) is 5.69 Å². The van der Waals surface area contributed by atoms with Crippen molar-refractivity contribution < 1.29 is 4.79 Å². The SMILES string of the molecule is Cc1cccc(N2CC(C)(C)C(=O)N2)c1C. The van der Waals surface area contributed by atoms with Gasteiger partial charge in [0.15, 0.2) is 0 Å². The number of carbonyl (C=O) groups is 1. The summed E-state index contributed by atoms with van der Waals surface area (Å²) in [5, 5.41) is 1.95. The first-order valence-electron chi connectivity index (χ1n) is 5.57. The van der Waals surface area contributed by atoms with Crippen molar-refractivity contribution in [2.45, 2.75) is 27.7 Å². The lowest BCUT2D eigenvalue weighted by Crippen LogP contribution is -2.33. The second-order valence-corrected chi connectivity index (χ2v) is 5.13. The quantitative estimate of drug-likeness (QED) is 0.783. The van der Waals surface area contributed by atoms with Crippen molar-refractivity contribution in [1.82, 2.24) is 5.43 Å². The topological polar surface area (TPSA) is 32.3 Å². The lowest BCUT2D eigenvalue weighted by atomic mass is 9.94. The molecule has 1 aromatic rings. The van der Waals surface area contributed by atoms with E-state index >= 15 is 0 Å². The van der Waals surface area contributed by atoms with Gasteiger partial charge in [-0.2, -0.15) is 0 Å². The minimum atomic E-state index is -0.309. The largest absolute Gasteiger partial charge is 0.284 e. The molecule has 0 unspecified atom stereocenters. The van der Waals surface area contributed by atoms with Gasteiger partial charge < -0.3 is 0 Å². The molecule has 1 heterocycles. The molecule has 0 aromatic heterocycles. The maximum absolute atomic E-state index is 11.7. The summed E-state index contributed by atoms with van der Waals surface area (Å²) in [7, 11) is 0. The molecule has 3 heteroatoms. The summed E-state index contributed by atoms with van der Waals surface area (Å²) >= 11 is 0. The highest BCUT2D eigenvalue weighted by Crippen LogP contribution is 2.29. The van der Waals surface area contributed by atoms with Crippen molar-refractivity contribution in [1.29, 1.82) is 0 Å². The molecule has 16 heavy (non-hydrogen) atoms. The monoisotopic (exact) mass is 218 g/mol. The summed E-state index contributed by atoms with van der Waals surface area (Å²) in [6.45, 7) is 8.82. The second kappa shape index (κ2) is 3.51. The number of aryl methyl sites for hydroxylation is 1. The summed E-state index contributed by atoms with van der Waals surface area (Å²) in [6.07, 6.45) is 0. The fourth-order valence-electron chi connectivity index (χ4n) is 1.95. The number of rotatable bonds is 1. The van der Waals surface area contributed by atoms with Gasteiger partial charge in [-0.3, -0.25) is 15.2 Å². The molecule has 0 bridgehead atoms. The molecule has 86 valence electrons. The van der Waals surface area contributed by atoms with Gasteiger partial charge in [-0.15, -0.1) is 0 Å². The van der Waals surface area contributed by atoms with E-state index in [4.69, 9.17) is 0 Å². The van der Waals surface area contributed by atoms with Crippen LogP contribution in [0.15, 0.2) is 18.2 Å². The van der Waals surface area contributed by atoms with Crippen molar-refractivity contribution in [3.8, 4) is 0 Å². The van der Waals surface area contributed by atoms with Crippen molar-refractivity contribution in [3.63, 3.8) is 0 Å². The molecule has 1 fully saturated rings. The summed E-state index contributed by atoms with van der Waals surface area (Å²) in [6, 6.07) is 6.15. The molecule has 1 aliphatic rings. The Morgan fingerprint density at radius 2 is 2.00 bits per heavy atom. The molecule has 0 radical (unpaired) electrons. The number of carbonyl (C=O) groups excluding carboxylic acids is 1. The summed E-state index contributed by atoms with van der Waals surface area (Å²) in [4.78, 5) is 11.7. The molecule has 0 aliphatic carbocycles. The minimum Gasteiger partial charge on any atom is -0.284 e. The van der Waals surface area contributed by atoms with E-state index in [-0.39, 0.29) is 11.3 Å². The van der Waals surface area contributed by atoms with Crippen LogP contribution in [0.3, 0.4) is 0 Å². The van der Waals surface area contributed by atoms with Crippen LogP contribution in [0.1, 0.15) is 25.0 Å². The van der Waals surface area contributed by atoms with Gasteiger partial charge in [0.25, 0.3) is 0 Å². The molecule has 1 amide bonds. The van der Waals surface area contributed by atoms with Gasteiger partial charge in [-0.05, 0) is 44.9 Å². The summed E-state index contributed by atoms with van der Waals surface area (Å²) in [5.74, 6) is 0.0911. The van der Waals surface area contributed by atoms with Crippen molar-refractivity contribution >= 4 is 11.6 Å². The Balaban J connectivity index is 2.34. The van der Waals surface area contributed by atoms with Gasteiger partial charge in [0.1, 0.15) is 0 Å². The molecular formula is C13H18N2O.